The molecule has 0 aliphatic rings. The number of halogens is 1. The first-order valence-electron chi connectivity index (χ1n) is 7.81. The largest absolute Gasteiger partial charge is 0.313 e. The van der Waals surface area contributed by atoms with Gasteiger partial charge in [0.25, 0.3) is 0 Å². The molecule has 114 valence electrons. The van der Waals surface area contributed by atoms with Gasteiger partial charge >= 0.3 is 0 Å². The van der Waals surface area contributed by atoms with Gasteiger partial charge in [0.05, 0.1) is 0 Å². The Balaban J connectivity index is 2.57. The summed E-state index contributed by atoms with van der Waals surface area (Å²) in [5, 5.41) is 5.28. The maximum absolute atomic E-state index is 6.25. The van der Waals surface area contributed by atoms with Crippen LogP contribution in [0.25, 0.3) is 0 Å². The van der Waals surface area contributed by atoms with Gasteiger partial charge in [0.2, 0.25) is 0 Å². The molecule has 0 aliphatic carbocycles. The molecule has 1 rings (SSSR count). The number of hydrogen-bond acceptors (Lipinski definition) is 2. The van der Waals surface area contributed by atoms with Crippen LogP contribution in [0.15, 0.2) is 24.3 Å². The highest BCUT2D eigenvalue weighted by molar-refractivity contribution is 7.99. The van der Waals surface area contributed by atoms with Crippen molar-refractivity contribution in [1.29, 1.82) is 0 Å². The Kier molecular flexibility index (Phi) is 9.41. The van der Waals surface area contributed by atoms with Crippen LogP contribution in [0.1, 0.15) is 52.0 Å². The van der Waals surface area contributed by atoms with Crippen molar-refractivity contribution in [3.05, 3.63) is 34.9 Å². The van der Waals surface area contributed by atoms with E-state index in [0.29, 0.717) is 11.3 Å². The molecule has 0 aromatic heterocycles. The fraction of sp³-hybridized carbons (Fsp3) is 0.647. The average molecular weight is 314 g/mol. The SMILES string of the molecule is CCCNC(CCC)C(CC)SCc1ccccc1Cl. The molecule has 0 bridgehead atoms. The van der Waals surface area contributed by atoms with Crippen molar-refractivity contribution in [2.45, 2.75) is 63.5 Å². The Bertz CT molecular complexity index is 370. The van der Waals surface area contributed by atoms with Crippen LogP contribution in [0.5, 0.6) is 0 Å². The van der Waals surface area contributed by atoms with Gasteiger partial charge < -0.3 is 5.32 Å². The summed E-state index contributed by atoms with van der Waals surface area (Å²) < 4.78 is 0. The van der Waals surface area contributed by atoms with Gasteiger partial charge in [0.15, 0.2) is 0 Å². The highest BCUT2D eigenvalue weighted by Gasteiger charge is 2.19. The summed E-state index contributed by atoms with van der Waals surface area (Å²) in [6.07, 6.45) is 4.90. The van der Waals surface area contributed by atoms with E-state index in [1.54, 1.807) is 0 Å². The second kappa shape index (κ2) is 10.5. The molecule has 0 spiro atoms. The maximum atomic E-state index is 6.25. The predicted octanol–water partition coefficient (Wildman–Crippen LogP) is 5.52. The van der Waals surface area contributed by atoms with E-state index in [2.05, 4.69) is 38.2 Å². The number of thioether (sulfide) groups is 1. The van der Waals surface area contributed by atoms with Crippen LogP contribution in [0.4, 0.5) is 0 Å². The second-order valence-corrected chi connectivity index (χ2v) is 6.83. The lowest BCUT2D eigenvalue weighted by Gasteiger charge is -2.27. The number of rotatable bonds is 10. The van der Waals surface area contributed by atoms with E-state index in [4.69, 9.17) is 11.6 Å². The summed E-state index contributed by atoms with van der Waals surface area (Å²) >= 11 is 8.29. The maximum Gasteiger partial charge on any atom is 0.0446 e. The lowest BCUT2D eigenvalue weighted by atomic mass is 10.1. The lowest BCUT2D eigenvalue weighted by molar-refractivity contribution is 0.454. The molecule has 20 heavy (non-hydrogen) atoms. The molecule has 0 radical (unpaired) electrons. The fourth-order valence-electron chi connectivity index (χ4n) is 2.39. The molecule has 1 aromatic carbocycles. The smallest absolute Gasteiger partial charge is 0.0446 e. The first-order valence-corrected chi connectivity index (χ1v) is 9.23. The number of nitrogens with one attached hydrogen (secondary N) is 1. The highest BCUT2D eigenvalue weighted by atomic mass is 35.5. The van der Waals surface area contributed by atoms with E-state index in [1.807, 2.05) is 23.9 Å². The van der Waals surface area contributed by atoms with Crippen molar-refractivity contribution in [3.63, 3.8) is 0 Å². The number of benzene rings is 1. The normalized spacial score (nSPS) is 14.2. The van der Waals surface area contributed by atoms with Crippen LogP contribution in [-0.2, 0) is 5.75 Å². The molecule has 0 heterocycles. The van der Waals surface area contributed by atoms with Gasteiger partial charge in [0.1, 0.15) is 0 Å². The molecule has 2 atom stereocenters. The minimum atomic E-state index is 0.623. The summed E-state index contributed by atoms with van der Waals surface area (Å²) in [6.45, 7) is 7.91. The molecular weight excluding hydrogens is 286 g/mol. The zero-order valence-corrected chi connectivity index (χ0v) is 14.6. The van der Waals surface area contributed by atoms with E-state index >= 15 is 0 Å². The zero-order chi connectivity index (χ0) is 14.8. The summed E-state index contributed by atoms with van der Waals surface area (Å²) in [6, 6.07) is 8.81. The summed E-state index contributed by atoms with van der Waals surface area (Å²) in [5.41, 5.74) is 1.25. The van der Waals surface area contributed by atoms with Crippen LogP contribution in [0.2, 0.25) is 5.02 Å². The van der Waals surface area contributed by atoms with Gasteiger partial charge in [-0.05, 0) is 37.4 Å². The van der Waals surface area contributed by atoms with Crippen LogP contribution in [0, 0.1) is 0 Å². The molecule has 1 aromatic rings. The zero-order valence-electron chi connectivity index (χ0n) is 13.0. The average Bonchev–Trinajstić information content (AvgIpc) is 2.46. The molecule has 0 fully saturated rings. The van der Waals surface area contributed by atoms with Crippen LogP contribution >= 0.6 is 23.4 Å². The second-order valence-electron chi connectivity index (χ2n) is 5.20. The Hall–Kier alpha value is -0.180. The molecule has 0 amide bonds. The van der Waals surface area contributed by atoms with Crippen LogP contribution < -0.4 is 5.32 Å². The standard InChI is InChI=1S/C17H28ClNS/c1-4-9-16(19-12-5-2)17(6-3)20-13-14-10-7-8-11-15(14)18/h7-8,10-11,16-17,19H,4-6,9,12-13H2,1-3H3. The molecule has 3 heteroatoms. The molecular formula is C17H28ClNS. The van der Waals surface area contributed by atoms with Crippen molar-refractivity contribution < 1.29 is 0 Å². The van der Waals surface area contributed by atoms with Crippen molar-refractivity contribution in [3.8, 4) is 0 Å². The van der Waals surface area contributed by atoms with Gasteiger partial charge in [-0.15, -0.1) is 0 Å². The molecule has 0 aliphatic heterocycles. The summed E-state index contributed by atoms with van der Waals surface area (Å²) in [4.78, 5) is 0. The van der Waals surface area contributed by atoms with E-state index in [0.717, 1.165) is 17.3 Å². The summed E-state index contributed by atoms with van der Waals surface area (Å²) in [5.74, 6) is 1.01. The van der Waals surface area contributed by atoms with E-state index in [1.165, 1.54) is 31.2 Å². The topological polar surface area (TPSA) is 12.0 Å². The third kappa shape index (κ3) is 6.07. The van der Waals surface area contributed by atoms with E-state index in [9.17, 15) is 0 Å². The van der Waals surface area contributed by atoms with Crippen LogP contribution in [0.3, 0.4) is 0 Å². The Labute approximate surface area is 133 Å². The number of hydrogen-bond donors (Lipinski definition) is 1. The van der Waals surface area contributed by atoms with Crippen LogP contribution in [-0.4, -0.2) is 17.8 Å². The Morgan fingerprint density at radius 1 is 1.15 bits per heavy atom. The van der Waals surface area contributed by atoms with Gasteiger partial charge in [0, 0.05) is 22.1 Å². The first kappa shape index (κ1) is 17.9. The minimum absolute atomic E-state index is 0.623. The van der Waals surface area contributed by atoms with Gasteiger partial charge in [-0.3, -0.25) is 0 Å². The van der Waals surface area contributed by atoms with Crippen molar-refractivity contribution in [2.24, 2.45) is 0 Å². The molecule has 2 unspecified atom stereocenters. The van der Waals surface area contributed by atoms with E-state index < -0.39 is 0 Å². The molecule has 1 nitrogen and oxygen atoms in total. The fourth-order valence-corrected chi connectivity index (χ4v) is 4.02. The molecule has 1 N–H and O–H groups in total. The highest BCUT2D eigenvalue weighted by Crippen LogP contribution is 2.28. The molecule has 0 saturated carbocycles. The molecule has 0 saturated heterocycles. The van der Waals surface area contributed by atoms with Gasteiger partial charge in [-0.2, -0.15) is 11.8 Å². The third-order valence-electron chi connectivity index (χ3n) is 3.52. The van der Waals surface area contributed by atoms with Crippen molar-refractivity contribution in [1.82, 2.24) is 5.32 Å². The van der Waals surface area contributed by atoms with Crippen molar-refractivity contribution >= 4 is 23.4 Å². The Morgan fingerprint density at radius 2 is 1.90 bits per heavy atom. The first-order chi connectivity index (χ1) is 9.72. The summed E-state index contributed by atoms with van der Waals surface area (Å²) in [7, 11) is 0. The third-order valence-corrected chi connectivity index (χ3v) is 5.45. The quantitative estimate of drug-likeness (QED) is 0.610. The van der Waals surface area contributed by atoms with Gasteiger partial charge in [-0.25, -0.2) is 0 Å². The van der Waals surface area contributed by atoms with Gasteiger partial charge in [-0.1, -0.05) is 57.0 Å². The van der Waals surface area contributed by atoms with Crippen molar-refractivity contribution in [2.75, 3.05) is 6.54 Å². The minimum Gasteiger partial charge on any atom is -0.313 e. The Morgan fingerprint density at radius 3 is 2.50 bits per heavy atom. The monoisotopic (exact) mass is 313 g/mol. The lowest BCUT2D eigenvalue weighted by Crippen LogP contribution is -2.38. The van der Waals surface area contributed by atoms with E-state index in [-0.39, 0.29) is 0 Å². The predicted molar refractivity (Wildman–Crippen MR) is 93.8 cm³/mol.